The highest BCUT2D eigenvalue weighted by Gasteiger charge is 2.28. The minimum atomic E-state index is -0.284. The third-order valence-corrected chi connectivity index (χ3v) is 4.63. The summed E-state index contributed by atoms with van der Waals surface area (Å²) in [6.45, 7) is 2.13. The van der Waals surface area contributed by atoms with Gasteiger partial charge in [0.15, 0.2) is 0 Å². The van der Waals surface area contributed by atoms with Gasteiger partial charge in [0.25, 0.3) is 0 Å². The SMILES string of the molecule is O=C(Cn1ncc2ccccc21)N1CCNCC1c1cccc(F)c1. The Morgan fingerprint density at radius 3 is 3.00 bits per heavy atom. The molecule has 1 aliphatic rings. The van der Waals surface area contributed by atoms with Crippen molar-refractivity contribution < 1.29 is 9.18 Å². The number of carbonyl (C=O) groups excluding carboxylic acids is 1. The van der Waals surface area contributed by atoms with Gasteiger partial charge in [-0.25, -0.2) is 4.39 Å². The highest BCUT2D eigenvalue weighted by Crippen LogP contribution is 2.23. The fraction of sp³-hybridized carbons (Fsp3) is 0.263. The monoisotopic (exact) mass is 338 g/mol. The zero-order chi connectivity index (χ0) is 17.2. The molecule has 6 heteroatoms. The minimum absolute atomic E-state index is 0.00962. The van der Waals surface area contributed by atoms with E-state index in [0.717, 1.165) is 23.0 Å². The van der Waals surface area contributed by atoms with Crippen LogP contribution in [0.15, 0.2) is 54.7 Å². The van der Waals surface area contributed by atoms with Crippen LogP contribution in [0.3, 0.4) is 0 Å². The van der Waals surface area contributed by atoms with Gasteiger partial charge >= 0.3 is 0 Å². The van der Waals surface area contributed by atoms with Gasteiger partial charge in [-0.15, -0.1) is 0 Å². The number of benzene rings is 2. The summed E-state index contributed by atoms with van der Waals surface area (Å²) in [6, 6.07) is 14.1. The molecule has 128 valence electrons. The fourth-order valence-corrected chi connectivity index (χ4v) is 3.39. The molecular weight excluding hydrogens is 319 g/mol. The lowest BCUT2D eigenvalue weighted by atomic mass is 10.0. The number of amides is 1. The lowest BCUT2D eigenvalue weighted by molar-refractivity contribution is -0.135. The van der Waals surface area contributed by atoms with Crippen molar-refractivity contribution in [1.82, 2.24) is 20.0 Å². The van der Waals surface area contributed by atoms with Crippen molar-refractivity contribution in [2.45, 2.75) is 12.6 Å². The van der Waals surface area contributed by atoms with Gasteiger partial charge in [-0.1, -0.05) is 30.3 Å². The normalized spacial score (nSPS) is 17.8. The molecule has 1 unspecified atom stereocenters. The number of halogens is 1. The van der Waals surface area contributed by atoms with Gasteiger partial charge in [-0.3, -0.25) is 9.48 Å². The van der Waals surface area contributed by atoms with Crippen LogP contribution in [0.4, 0.5) is 4.39 Å². The Morgan fingerprint density at radius 2 is 2.12 bits per heavy atom. The largest absolute Gasteiger partial charge is 0.331 e. The molecule has 1 amide bonds. The zero-order valence-corrected chi connectivity index (χ0v) is 13.7. The Morgan fingerprint density at radius 1 is 1.24 bits per heavy atom. The molecule has 25 heavy (non-hydrogen) atoms. The summed E-state index contributed by atoms with van der Waals surface area (Å²) in [5, 5.41) is 8.63. The maximum absolute atomic E-state index is 13.6. The lowest BCUT2D eigenvalue weighted by Gasteiger charge is -2.36. The molecule has 1 aliphatic heterocycles. The van der Waals surface area contributed by atoms with Gasteiger partial charge in [-0.2, -0.15) is 5.10 Å². The van der Waals surface area contributed by atoms with Crippen molar-refractivity contribution in [3.63, 3.8) is 0 Å². The minimum Gasteiger partial charge on any atom is -0.331 e. The number of hydrogen-bond acceptors (Lipinski definition) is 3. The van der Waals surface area contributed by atoms with E-state index in [9.17, 15) is 9.18 Å². The van der Waals surface area contributed by atoms with Crippen LogP contribution in [0.1, 0.15) is 11.6 Å². The van der Waals surface area contributed by atoms with Crippen LogP contribution in [0, 0.1) is 5.82 Å². The number of hydrogen-bond donors (Lipinski definition) is 1. The molecule has 5 nitrogen and oxygen atoms in total. The van der Waals surface area contributed by atoms with E-state index < -0.39 is 0 Å². The van der Waals surface area contributed by atoms with Crippen molar-refractivity contribution in [1.29, 1.82) is 0 Å². The summed E-state index contributed by atoms with van der Waals surface area (Å²) < 4.78 is 15.3. The highest BCUT2D eigenvalue weighted by atomic mass is 19.1. The van der Waals surface area contributed by atoms with Crippen LogP contribution in [-0.4, -0.2) is 40.2 Å². The van der Waals surface area contributed by atoms with E-state index in [1.54, 1.807) is 16.9 Å². The molecule has 0 saturated carbocycles. The van der Waals surface area contributed by atoms with Gasteiger partial charge in [0.1, 0.15) is 12.4 Å². The molecule has 1 saturated heterocycles. The van der Waals surface area contributed by atoms with Gasteiger partial charge in [0.05, 0.1) is 17.8 Å². The summed E-state index contributed by atoms with van der Waals surface area (Å²) in [5.74, 6) is -0.293. The van der Waals surface area contributed by atoms with E-state index in [2.05, 4.69) is 10.4 Å². The molecule has 4 rings (SSSR count). The maximum Gasteiger partial charge on any atom is 0.244 e. The number of para-hydroxylation sites is 1. The van der Waals surface area contributed by atoms with Crippen LogP contribution in [0.25, 0.3) is 10.9 Å². The number of piperazine rings is 1. The van der Waals surface area contributed by atoms with Gasteiger partial charge in [0, 0.05) is 25.0 Å². The molecule has 3 aromatic rings. The van der Waals surface area contributed by atoms with Crippen LogP contribution >= 0.6 is 0 Å². The summed E-state index contributed by atoms with van der Waals surface area (Å²) in [7, 11) is 0. The number of carbonyl (C=O) groups is 1. The number of fused-ring (bicyclic) bond motifs is 1. The smallest absolute Gasteiger partial charge is 0.244 e. The van der Waals surface area contributed by atoms with Crippen LogP contribution in [-0.2, 0) is 11.3 Å². The zero-order valence-electron chi connectivity index (χ0n) is 13.7. The van der Waals surface area contributed by atoms with Crippen molar-refractivity contribution >= 4 is 16.8 Å². The first-order chi connectivity index (χ1) is 12.2. The number of nitrogens with zero attached hydrogens (tertiary/aromatic N) is 3. The van der Waals surface area contributed by atoms with E-state index in [0.29, 0.717) is 13.1 Å². The van der Waals surface area contributed by atoms with E-state index in [1.165, 1.54) is 12.1 Å². The van der Waals surface area contributed by atoms with Crippen molar-refractivity contribution in [3.8, 4) is 0 Å². The standard InChI is InChI=1S/C19H19FN4O/c20-16-6-3-5-14(10-16)18-12-21-8-9-23(18)19(25)13-24-17-7-2-1-4-15(17)11-22-24/h1-7,10-11,18,21H,8-9,12-13H2. The first-order valence-electron chi connectivity index (χ1n) is 8.38. The van der Waals surface area contributed by atoms with E-state index >= 15 is 0 Å². The second-order valence-electron chi connectivity index (χ2n) is 6.22. The van der Waals surface area contributed by atoms with Crippen LogP contribution in [0.2, 0.25) is 0 Å². The van der Waals surface area contributed by atoms with Crippen molar-refractivity contribution in [2.75, 3.05) is 19.6 Å². The third kappa shape index (κ3) is 3.13. The Bertz CT molecular complexity index is 907. The molecule has 2 heterocycles. The maximum atomic E-state index is 13.6. The van der Waals surface area contributed by atoms with Gasteiger partial charge < -0.3 is 10.2 Å². The van der Waals surface area contributed by atoms with Crippen molar-refractivity contribution in [2.24, 2.45) is 0 Å². The number of rotatable bonds is 3. The molecular formula is C19H19FN4O. The summed E-state index contributed by atoms with van der Waals surface area (Å²) in [4.78, 5) is 14.7. The predicted molar refractivity (Wildman–Crippen MR) is 93.5 cm³/mol. The first kappa shape index (κ1) is 15.8. The van der Waals surface area contributed by atoms with Crippen molar-refractivity contribution in [3.05, 3.63) is 66.1 Å². The average Bonchev–Trinajstić information content (AvgIpc) is 3.05. The average molecular weight is 338 g/mol. The number of nitrogens with one attached hydrogen (secondary N) is 1. The Hall–Kier alpha value is -2.73. The summed E-state index contributed by atoms with van der Waals surface area (Å²) >= 11 is 0. The first-order valence-corrected chi connectivity index (χ1v) is 8.38. The quantitative estimate of drug-likeness (QED) is 0.798. The summed E-state index contributed by atoms with van der Waals surface area (Å²) in [6.07, 6.45) is 1.77. The molecule has 0 bridgehead atoms. The van der Waals surface area contributed by atoms with E-state index in [-0.39, 0.29) is 24.3 Å². The topological polar surface area (TPSA) is 50.2 Å². The molecule has 0 aliphatic carbocycles. The van der Waals surface area contributed by atoms with Crippen LogP contribution in [0.5, 0.6) is 0 Å². The predicted octanol–water partition coefficient (Wildman–Crippen LogP) is 2.35. The van der Waals surface area contributed by atoms with E-state index in [1.807, 2.05) is 35.2 Å². The molecule has 0 spiro atoms. The van der Waals surface area contributed by atoms with Crippen LogP contribution < -0.4 is 5.32 Å². The van der Waals surface area contributed by atoms with E-state index in [4.69, 9.17) is 0 Å². The molecule has 1 aromatic heterocycles. The molecule has 1 N–H and O–H groups in total. The highest BCUT2D eigenvalue weighted by molar-refractivity contribution is 5.82. The Kier molecular flexibility index (Phi) is 4.19. The van der Waals surface area contributed by atoms with Gasteiger partial charge in [0.2, 0.25) is 5.91 Å². The summed E-state index contributed by atoms with van der Waals surface area (Å²) in [5.41, 5.74) is 1.75. The second kappa shape index (κ2) is 6.64. The molecule has 1 atom stereocenters. The second-order valence-corrected chi connectivity index (χ2v) is 6.22. The Balaban J connectivity index is 1.59. The third-order valence-electron chi connectivity index (χ3n) is 4.63. The molecule has 1 fully saturated rings. The number of aromatic nitrogens is 2. The lowest BCUT2D eigenvalue weighted by Crippen LogP contribution is -2.49. The van der Waals surface area contributed by atoms with Gasteiger partial charge in [-0.05, 0) is 23.8 Å². The molecule has 2 aromatic carbocycles. The fourth-order valence-electron chi connectivity index (χ4n) is 3.39. The Labute approximate surface area is 145 Å². The molecule has 0 radical (unpaired) electrons.